The van der Waals surface area contributed by atoms with E-state index >= 15 is 0 Å². The van der Waals surface area contributed by atoms with Gasteiger partial charge in [0.1, 0.15) is 17.6 Å². The fourth-order valence-electron chi connectivity index (χ4n) is 2.34. The van der Waals surface area contributed by atoms with Crippen molar-refractivity contribution in [1.82, 2.24) is 20.2 Å². The molecular formula is C14H9BrFN5O. The fourth-order valence-corrected chi connectivity index (χ4v) is 2.66. The fraction of sp³-hybridized carbons (Fsp3) is 0.0714. The van der Waals surface area contributed by atoms with Crippen LogP contribution in [0.25, 0.3) is 5.70 Å². The highest BCUT2D eigenvalue weighted by molar-refractivity contribution is 9.10. The standard InChI is InChI=1S/C14H9BrFN5O/c15-13-6-5-12(22-13)11-7-10(8-1-3-9(16)4-2-8)17-14-18-19-20-21(11)14/h1-7,11H,(H,17,18,20)/t11-/m1/s1. The van der Waals surface area contributed by atoms with Crippen molar-refractivity contribution >= 4 is 27.6 Å². The van der Waals surface area contributed by atoms with E-state index in [4.69, 9.17) is 4.42 Å². The van der Waals surface area contributed by atoms with Crippen LogP contribution in [-0.2, 0) is 0 Å². The molecule has 6 nitrogen and oxygen atoms in total. The van der Waals surface area contributed by atoms with Crippen LogP contribution in [0.2, 0.25) is 0 Å². The Kier molecular flexibility index (Phi) is 3.04. The molecule has 0 amide bonds. The van der Waals surface area contributed by atoms with Crippen molar-refractivity contribution in [1.29, 1.82) is 0 Å². The van der Waals surface area contributed by atoms with E-state index in [1.165, 1.54) is 12.1 Å². The van der Waals surface area contributed by atoms with Gasteiger partial charge in [0.05, 0.1) is 0 Å². The Bertz CT molecular complexity index is 854. The third-order valence-corrected chi connectivity index (χ3v) is 3.79. The average Bonchev–Trinajstić information content (AvgIpc) is 3.15. The third kappa shape index (κ3) is 2.21. The van der Waals surface area contributed by atoms with Crippen molar-refractivity contribution in [3.05, 3.63) is 64.3 Å². The number of hydrogen-bond acceptors (Lipinski definition) is 5. The van der Waals surface area contributed by atoms with Gasteiger partial charge in [-0.3, -0.25) is 0 Å². The van der Waals surface area contributed by atoms with E-state index in [-0.39, 0.29) is 11.9 Å². The Balaban J connectivity index is 1.80. The second-order valence-corrected chi connectivity index (χ2v) is 5.53. The highest BCUT2D eigenvalue weighted by Gasteiger charge is 2.26. The SMILES string of the molecule is Fc1ccc(C2=C[C@H](c3ccc(Br)o3)n3nnnc3N2)cc1. The van der Waals surface area contributed by atoms with Crippen molar-refractivity contribution in [2.75, 3.05) is 5.32 Å². The Morgan fingerprint density at radius 3 is 2.73 bits per heavy atom. The van der Waals surface area contributed by atoms with E-state index in [2.05, 4.69) is 36.8 Å². The summed E-state index contributed by atoms with van der Waals surface area (Å²) in [5, 5.41) is 14.7. The third-order valence-electron chi connectivity index (χ3n) is 3.37. The minimum absolute atomic E-state index is 0.280. The summed E-state index contributed by atoms with van der Waals surface area (Å²) in [7, 11) is 0. The molecule has 1 aliphatic rings. The summed E-state index contributed by atoms with van der Waals surface area (Å²) in [4.78, 5) is 0. The molecule has 0 saturated carbocycles. The molecule has 8 heteroatoms. The molecular weight excluding hydrogens is 353 g/mol. The largest absolute Gasteiger partial charge is 0.452 e. The summed E-state index contributed by atoms with van der Waals surface area (Å²) < 4.78 is 21.0. The quantitative estimate of drug-likeness (QED) is 0.758. The van der Waals surface area contributed by atoms with Crippen molar-refractivity contribution in [3.8, 4) is 0 Å². The number of nitrogens with one attached hydrogen (secondary N) is 1. The van der Waals surface area contributed by atoms with Gasteiger partial charge < -0.3 is 9.73 Å². The topological polar surface area (TPSA) is 68.8 Å². The summed E-state index contributed by atoms with van der Waals surface area (Å²) in [5.74, 6) is 0.914. The number of benzene rings is 1. The molecule has 3 heterocycles. The van der Waals surface area contributed by atoms with E-state index in [1.54, 1.807) is 16.8 Å². The Morgan fingerprint density at radius 2 is 2.00 bits per heavy atom. The maximum absolute atomic E-state index is 13.1. The molecule has 0 saturated heterocycles. The molecule has 0 fully saturated rings. The maximum atomic E-state index is 13.1. The maximum Gasteiger partial charge on any atom is 0.248 e. The molecule has 0 bridgehead atoms. The van der Waals surface area contributed by atoms with Crippen molar-refractivity contribution in [2.45, 2.75) is 6.04 Å². The Hall–Kier alpha value is -2.48. The lowest BCUT2D eigenvalue weighted by Crippen LogP contribution is -2.19. The number of hydrogen-bond donors (Lipinski definition) is 1. The van der Waals surface area contributed by atoms with Crippen LogP contribution in [0.15, 0.2) is 51.6 Å². The first-order chi connectivity index (χ1) is 10.7. The summed E-state index contributed by atoms with van der Waals surface area (Å²) in [5.41, 5.74) is 1.63. The van der Waals surface area contributed by atoms with E-state index in [9.17, 15) is 4.39 Å². The summed E-state index contributed by atoms with van der Waals surface area (Å²) in [6, 6.07) is 9.60. The van der Waals surface area contributed by atoms with Crippen molar-refractivity contribution in [2.24, 2.45) is 0 Å². The van der Waals surface area contributed by atoms with E-state index in [1.807, 2.05) is 18.2 Å². The zero-order valence-electron chi connectivity index (χ0n) is 11.1. The number of halogens is 2. The normalized spacial score (nSPS) is 16.8. The second kappa shape index (κ2) is 5.06. The lowest BCUT2D eigenvalue weighted by atomic mass is 10.1. The molecule has 0 aliphatic carbocycles. The first-order valence-corrected chi connectivity index (χ1v) is 7.28. The van der Waals surface area contributed by atoms with E-state index in [0.717, 1.165) is 11.3 Å². The number of rotatable bonds is 2. The van der Waals surface area contributed by atoms with Gasteiger partial charge in [0, 0.05) is 5.70 Å². The van der Waals surface area contributed by atoms with Gasteiger partial charge >= 0.3 is 0 Å². The number of aromatic nitrogens is 4. The molecule has 1 atom stereocenters. The minimum atomic E-state index is -0.281. The predicted molar refractivity (Wildman–Crippen MR) is 80.4 cm³/mol. The Labute approximate surface area is 132 Å². The molecule has 0 spiro atoms. The minimum Gasteiger partial charge on any atom is -0.452 e. The van der Waals surface area contributed by atoms with Gasteiger partial charge in [-0.15, -0.1) is 0 Å². The number of nitrogens with zero attached hydrogens (tertiary/aromatic N) is 4. The molecule has 2 aromatic heterocycles. The zero-order chi connectivity index (χ0) is 15.1. The lowest BCUT2D eigenvalue weighted by Gasteiger charge is -2.21. The molecule has 1 aromatic carbocycles. The first-order valence-electron chi connectivity index (χ1n) is 6.48. The van der Waals surface area contributed by atoms with Crippen LogP contribution in [0.4, 0.5) is 10.3 Å². The number of fused-ring (bicyclic) bond motifs is 1. The zero-order valence-corrected chi connectivity index (χ0v) is 12.7. The number of furan rings is 1. The van der Waals surface area contributed by atoms with Gasteiger partial charge in [-0.25, -0.2) is 4.39 Å². The molecule has 110 valence electrons. The number of tetrazole rings is 1. The van der Waals surface area contributed by atoms with Crippen molar-refractivity contribution in [3.63, 3.8) is 0 Å². The summed E-state index contributed by atoms with van der Waals surface area (Å²) in [6.07, 6.45) is 1.93. The summed E-state index contributed by atoms with van der Waals surface area (Å²) >= 11 is 3.29. The van der Waals surface area contributed by atoms with Crippen LogP contribution >= 0.6 is 15.9 Å². The van der Waals surface area contributed by atoms with Crippen LogP contribution in [0, 0.1) is 5.82 Å². The van der Waals surface area contributed by atoms with Crippen LogP contribution in [0.1, 0.15) is 17.4 Å². The van der Waals surface area contributed by atoms with Gasteiger partial charge in [-0.2, -0.15) is 4.68 Å². The predicted octanol–water partition coefficient (Wildman–Crippen LogP) is 3.22. The smallest absolute Gasteiger partial charge is 0.248 e. The highest BCUT2D eigenvalue weighted by atomic mass is 79.9. The number of allylic oxidation sites excluding steroid dienone is 1. The average molecular weight is 362 g/mol. The number of anilines is 1. The van der Waals surface area contributed by atoms with Gasteiger partial charge in [-0.1, -0.05) is 5.10 Å². The van der Waals surface area contributed by atoms with Crippen LogP contribution in [-0.4, -0.2) is 20.2 Å². The van der Waals surface area contributed by atoms with Crippen molar-refractivity contribution < 1.29 is 8.81 Å². The van der Waals surface area contributed by atoms with E-state index in [0.29, 0.717) is 16.4 Å². The van der Waals surface area contributed by atoms with E-state index < -0.39 is 0 Å². The van der Waals surface area contributed by atoms with Gasteiger partial charge in [0.15, 0.2) is 4.67 Å². The van der Waals surface area contributed by atoms with Gasteiger partial charge in [0.25, 0.3) is 0 Å². The highest BCUT2D eigenvalue weighted by Crippen LogP contribution is 2.33. The van der Waals surface area contributed by atoms with Gasteiger partial charge in [-0.05, 0) is 74.4 Å². The molecule has 1 aliphatic heterocycles. The molecule has 4 rings (SSSR count). The molecule has 0 unspecified atom stereocenters. The molecule has 3 aromatic rings. The molecule has 1 N–H and O–H groups in total. The second-order valence-electron chi connectivity index (χ2n) is 4.75. The van der Waals surface area contributed by atoms with Crippen LogP contribution in [0.3, 0.4) is 0 Å². The van der Waals surface area contributed by atoms with Gasteiger partial charge in [0.2, 0.25) is 5.95 Å². The first kappa shape index (κ1) is 13.2. The summed E-state index contributed by atoms with van der Waals surface area (Å²) in [6.45, 7) is 0. The molecule has 22 heavy (non-hydrogen) atoms. The lowest BCUT2D eigenvalue weighted by molar-refractivity contribution is 0.430. The molecule has 0 radical (unpaired) electrons. The monoisotopic (exact) mass is 361 g/mol. The van der Waals surface area contributed by atoms with Crippen LogP contribution < -0.4 is 5.32 Å². The van der Waals surface area contributed by atoms with Crippen LogP contribution in [0.5, 0.6) is 0 Å². The Morgan fingerprint density at radius 1 is 1.18 bits per heavy atom.